The second kappa shape index (κ2) is 7.32. The molecule has 1 heterocycles. The van der Waals surface area contributed by atoms with E-state index in [1.165, 1.54) is 0 Å². The van der Waals surface area contributed by atoms with Crippen LogP contribution in [0.3, 0.4) is 0 Å². The Hall–Kier alpha value is -1.92. The first-order valence-corrected chi connectivity index (χ1v) is 9.26. The zero-order valence-electron chi connectivity index (χ0n) is 13.0. The van der Waals surface area contributed by atoms with Crippen molar-refractivity contribution in [3.8, 4) is 5.75 Å². The number of phenolic OH excluding ortho intramolecular Hbond substituents is 1. The van der Waals surface area contributed by atoms with E-state index in [2.05, 4.69) is 20.9 Å². The number of hydrogen-bond acceptors (Lipinski definition) is 4. The normalized spacial score (nSPS) is 10.9. The van der Waals surface area contributed by atoms with Gasteiger partial charge in [0.2, 0.25) is 0 Å². The van der Waals surface area contributed by atoms with Crippen LogP contribution in [0, 0.1) is 0 Å². The molecule has 0 aliphatic heterocycles. The SMILES string of the molecule is CCOC(=O)c1c(CSc2ccccc2)[nH]c2cc(Br)c(O)cc12. The van der Waals surface area contributed by atoms with Crippen molar-refractivity contribution in [2.75, 3.05) is 6.61 Å². The summed E-state index contributed by atoms with van der Waals surface area (Å²) in [6.07, 6.45) is 0. The monoisotopic (exact) mass is 405 g/mol. The molecule has 0 aliphatic carbocycles. The molecule has 2 N–H and O–H groups in total. The first kappa shape index (κ1) is 16.9. The van der Waals surface area contributed by atoms with E-state index in [1.54, 1.807) is 30.8 Å². The number of hydrogen-bond donors (Lipinski definition) is 2. The third-order valence-corrected chi connectivity index (χ3v) is 5.22. The fourth-order valence-corrected chi connectivity index (χ4v) is 3.70. The Morgan fingerprint density at radius 3 is 2.75 bits per heavy atom. The third-order valence-electron chi connectivity index (χ3n) is 3.55. The van der Waals surface area contributed by atoms with Crippen LogP contribution in [0.25, 0.3) is 10.9 Å². The topological polar surface area (TPSA) is 62.3 Å². The highest BCUT2D eigenvalue weighted by atomic mass is 79.9. The van der Waals surface area contributed by atoms with Crippen molar-refractivity contribution in [3.05, 3.63) is 58.2 Å². The maximum Gasteiger partial charge on any atom is 0.340 e. The Bertz CT molecular complexity index is 877. The van der Waals surface area contributed by atoms with Gasteiger partial charge in [-0.05, 0) is 47.1 Å². The van der Waals surface area contributed by atoms with Crippen LogP contribution >= 0.6 is 27.7 Å². The molecule has 0 bridgehead atoms. The minimum atomic E-state index is -0.380. The Morgan fingerprint density at radius 2 is 2.04 bits per heavy atom. The molecule has 0 saturated heterocycles. The summed E-state index contributed by atoms with van der Waals surface area (Å²) in [4.78, 5) is 16.8. The number of aromatic nitrogens is 1. The van der Waals surface area contributed by atoms with E-state index in [1.807, 2.05) is 30.3 Å². The Morgan fingerprint density at radius 1 is 1.29 bits per heavy atom. The minimum Gasteiger partial charge on any atom is -0.507 e. The summed E-state index contributed by atoms with van der Waals surface area (Å²) >= 11 is 4.94. The molecular formula is C18H16BrNO3S. The van der Waals surface area contributed by atoms with Gasteiger partial charge < -0.3 is 14.8 Å². The lowest BCUT2D eigenvalue weighted by atomic mass is 10.1. The number of halogens is 1. The summed E-state index contributed by atoms with van der Waals surface area (Å²) in [5.41, 5.74) is 2.05. The zero-order valence-corrected chi connectivity index (χ0v) is 15.4. The van der Waals surface area contributed by atoms with Gasteiger partial charge >= 0.3 is 5.97 Å². The summed E-state index contributed by atoms with van der Waals surface area (Å²) in [5, 5.41) is 10.6. The van der Waals surface area contributed by atoms with Gasteiger partial charge in [-0.15, -0.1) is 11.8 Å². The van der Waals surface area contributed by atoms with Gasteiger partial charge in [0.15, 0.2) is 0 Å². The van der Waals surface area contributed by atoms with Crippen LogP contribution < -0.4 is 0 Å². The van der Waals surface area contributed by atoms with Crippen LogP contribution in [0.2, 0.25) is 0 Å². The van der Waals surface area contributed by atoms with Crippen molar-refractivity contribution < 1.29 is 14.6 Å². The van der Waals surface area contributed by atoms with Crippen LogP contribution in [0.15, 0.2) is 51.8 Å². The van der Waals surface area contributed by atoms with Gasteiger partial charge in [0, 0.05) is 27.2 Å². The summed E-state index contributed by atoms with van der Waals surface area (Å²) in [6.45, 7) is 2.08. The van der Waals surface area contributed by atoms with Gasteiger partial charge in [-0.3, -0.25) is 0 Å². The summed E-state index contributed by atoms with van der Waals surface area (Å²) in [6, 6.07) is 13.3. The van der Waals surface area contributed by atoms with E-state index >= 15 is 0 Å². The number of nitrogens with one attached hydrogen (secondary N) is 1. The molecule has 24 heavy (non-hydrogen) atoms. The number of carbonyl (C=O) groups excluding carboxylic acids is 1. The van der Waals surface area contributed by atoms with Crippen molar-refractivity contribution >= 4 is 44.6 Å². The number of carbonyl (C=O) groups is 1. The number of aromatic hydroxyl groups is 1. The molecule has 0 unspecified atom stereocenters. The molecule has 4 nitrogen and oxygen atoms in total. The molecule has 2 aromatic carbocycles. The highest BCUT2D eigenvalue weighted by Gasteiger charge is 2.21. The van der Waals surface area contributed by atoms with E-state index < -0.39 is 0 Å². The molecule has 6 heteroatoms. The standard InChI is InChI=1S/C18H16BrNO3S/c1-2-23-18(22)17-12-8-16(21)13(19)9-14(12)20-15(17)10-24-11-6-4-3-5-7-11/h3-9,20-21H,2,10H2,1H3. The van der Waals surface area contributed by atoms with Gasteiger partial charge in [-0.1, -0.05) is 18.2 Å². The smallest absolute Gasteiger partial charge is 0.340 e. The number of benzene rings is 2. The third kappa shape index (κ3) is 3.44. The first-order chi connectivity index (χ1) is 11.6. The number of esters is 1. The number of phenols is 1. The predicted octanol–water partition coefficient (Wildman–Crippen LogP) is 5.11. The number of rotatable bonds is 5. The average Bonchev–Trinajstić information content (AvgIpc) is 2.92. The van der Waals surface area contributed by atoms with E-state index in [4.69, 9.17) is 4.74 Å². The molecule has 0 atom stereocenters. The molecular weight excluding hydrogens is 390 g/mol. The number of aromatic amines is 1. The first-order valence-electron chi connectivity index (χ1n) is 7.48. The Labute approximate surface area is 152 Å². The molecule has 124 valence electrons. The molecule has 1 aromatic heterocycles. The lowest BCUT2D eigenvalue weighted by Crippen LogP contribution is -2.06. The van der Waals surface area contributed by atoms with Crippen LogP contribution in [-0.2, 0) is 10.5 Å². The van der Waals surface area contributed by atoms with Gasteiger partial charge in [0.25, 0.3) is 0 Å². The van der Waals surface area contributed by atoms with Crippen LogP contribution in [0.5, 0.6) is 5.75 Å². The number of ether oxygens (including phenoxy) is 1. The largest absolute Gasteiger partial charge is 0.507 e. The second-order valence-electron chi connectivity index (χ2n) is 5.15. The van der Waals surface area contributed by atoms with Crippen molar-refractivity contribution in [2.24, 2.45) is 0 Å². The summed E-state index contributed by atoms with van der Waals surface area (Å²) in [5.74, 6) is 0.314. The van der Waals surface area contributed by atoms with Crippen LogP contribution in [0.4, 0.5) is 0 Å². The predicted molar refractivity (Wildman–Crippen MR) is 99.6 cm³/mol. The molecule has 0 spiro atoms. The van der Waals surface area contributed by atoms with Gasteiger partial charge in [-0.25, -0.2) is 4.79 Å². The lowest BCUT2D eigenvalue weighted by Gasteiger charge is -2.05. The fraction of sp³-hybridized carbons (Fsp3) is 0.167. The fourth-order valence-electron chi connectivity index (χ4n) is 2.48. The summed E-state index contributed by atoms with van der Waals surface area (Å²) < 4.78 is 5.77. The van der Waals surface area contributed by atoms with Gasteiger partial charge in [-0.2, -0.15) is 0 Å². The molecule has 3 aromatic rings. The molecule has 0 aliphatic rings. The number of thioether (sulfide) groups is 1. The van der Waals surface area contributed by atoms with Gasteiger partial charge in [0.05, 0.1) is 16.6 Å². The Kier molecular flexibility index (Phi) is 5.16. The van der Waals surface area contributed by atoms with Crippen molar-refractivity contribution in [1.82, 2.24) is 4.98 Å². The summed E-state index contributed by atoms with van der Waals surface area (Å²) in [7, 11) is 0. The van der Waals surface area contributed by atoms with E-state index in [9.17, 15) is 9.90 Å². The number of H-pyrrole nitrogens is 1. The molecule has 0 radical (unpaired) electrons. The highest BCUT2D eigenvalue weighted by Crippen LogP contribution is 2.34. The lowest BCUT2D eigenvalue weighted by molar-refractivity contribution is 0.0528. The average molecular weight is 406 g/mol. The van der Waals surface area contributed by atoms with E-state index in [0.717, 1.165) is 16.1 Å². The minimum absolute atomic E-state index is 0.0920. The van der Waals surface area contributed by atoms with Crippen molar-refractivity contribution in [3.63, 3.8) is 0 Å². The zero-order chi connectivity index (χ0) is 17.1. The van der Waals surface area contributed by atoms with E-state index in [0.29, 0.717) is 27.8 Å². The Balaban J connectivity index is 2.01. The molecule has 3 rings (SSSR count). The maximum atomic E-state index is 12.4. The van der Waals surface area contributed by atoms with Crippen molar-refractivity contribution in [2.45, 2.75) is 17.6 Å². The second-order valence-corrected chi connectivity index (χ2v) is 7.05. The molecule has 0 saturated carbocycles. The van der Waals surface area contributed by atoms with Crippen LogP contribution in [0.1, 0.15) is 23.0 Å². The molecule has 0 amide bonds. The van der Waals surface area contributed by atoms with Gasteiger partial charge in [0.1, 0.15) is 5.75 Å². The van der Waals surface area contributed by atoms with Crippen LogP contribution in [-0.4, -0.2) is 22.7 Å². The maximum absolute atomic E-state index is 12.4. The quantitative estimate of drug-likeness (QED) is 0.457. The van der Waals surface area contributed by atoms with E-state index in [-0.39, 0.29) is 11.7 Å². The highest BCUT2D eigenvalue weighted by molar-refractivity contribution is 9.10. The number of fused-ring (bicyclic) bond motifs is 1. The molecule has 0 fully saturated rings. The van der Waals surface area contributed by atoms with Crippen molar-refractivity contribution in [1.29, 1.82) is 0 Å².